The van der Waals surface area contributed by atoms with Gasteiger partial charge in [0.05, 0.1) is 10.8 Å². The minimum absolute atomic E-state index is 0.0599. The third-order valence-corrected chi connectivity index (χ3v) is 7.60. The summed E-state index contributed by atoms with van der Waals surface area (Å²) < 4.78 is 98.4. The van der Waals surface area contributed by atoms with Crippen molar-refractivity contribution < 1.29 is 30.4 Å². The van der Waals surface area contributed by atoms with Crippen molar-refractivity contribution in [2.24, 2.45) is 5.41 Å². The number of benzene rings is 2. The Balaban J connectivity index is 1.86. The topological polar surface area (TPSA) is 51.1 Å². The van der Waals surface area contributed by atoms with E-state index in [1.54, 1.807) is 10.8 Å². The third-order valence-electron chi connectivity index (χ3n) is 5.70. The lowest BCUT2D eigenvalue weighted by Crippen LogP contribution is -2.26. The van der Waals surface area contributed by atoms with E-state index >= 15 is 4.39 Å². The fraction of sp³-hybridized carbons (Fsp3) is 0.417. The van der Waals surface area contributed by atoms with Gasteiger partial charge in [-0.15, -0.1) is 0 Å². The van der Waals surface area contributed by atoms with Crippen molar-refractivity contribution in [3.63, 3.8) is 0 Å². The summed E-state index contributed by atoms with van der Waals surface area (Å²) in [6.45, 7) is 6.32. The fourth-order valence-electron chi connectivity index (χ4n) is 4.03. The predicted octanol–water partition coefficient (Wildman–Crippen LogP) is 6.23. The van der Waals surface area contributed by atoms with Crippen LogP contribution in [0.25, 0.3) is 22.0 Å². The van der Waals surface area contributed by atoms with Crippen LogP contribution in [-0.4, -0.2) is 18.2 Å². The molecule has 4 rings (SSSR count). The highest BCUT2D eigenvalue weighted by Gasteiger charge is 2.36. The normalized spacial score (nSPS) is 15.3. The lowest BCUT2D eigenvalue weighted by atomic mass is 9.96. The van der Waals surface area contributed by atoms with E-state index < -0.39 is 44.2 Å². The average molecular weight is 501 g/mol. The maximum absolute atomic E-state index is 15.2. The van der Waals surface area contributed by atoms with Crippen LogP contribution in [0.1, 0.15) is 44.7 Å². The molecule has 1 N–H and O–H groups in total. The van der Waals surface area contributed by atoms with E-state index in [-0.39, 0.29) is 17.5 Å². The molecule has 184 valence electrons. The summed E-state index contributed by atoms with van der Waals surface area (Å²) in [6, 6.07) is 4.57. The van der Waals surface area contributed by atoms with E-state index in [0.29, 0.717) is 41.9 Å². The molecular weight excluding hydrogens is 475 g/mol. The maximum Gasteiger partial charge on any atom is 0.417 e. The van der Waals surface area contributed by atoms with Crippen LogP contribution in [0.4, 0.5) is 22.0 Å². The summed E-state index contributed by atoms with van der Waals surface area (Å²) in [4.78, 5) is 0. The molecule has 0 radical (unpaired) electrons. The molecule has 2 aromatic carbocycles. The molecule has 1 aliphatic rings. The molecule has 1 aliphatic carbocycles. The van der Waals surface area contributed by atoms with Gasteiger partial charge in [0, 0.05) is 35.8 Å². The summed E-state index contributed by atoms with van der Waals surface area (Å²) in [5.74, 6) is -1.98. The zero-order valence-corrected chi connectivity index (χ0v) is 19.7. The monoisotopic (exact) mass is 500 g/mol. The lowest BCUT2D eigenvalue weighted by molar-refractivity contribution is -0.137. The Hall–Kier alpha value is -2.46. The molecule has 0 atom stereocenters. The molecule has 1 saturated carbocycles. The van der Waals surface area contributed by atoms with E-state index in [0.717, 1.165) is 18.2 Å². The minimum Gasteiger partial charge on any atom is -0.347 e. The Morgan fingerprint density at radius 2 is 1.71 bits per heavy atom. The van der Waals surface area contributed by atoms with Gasteiger partial charge in [-0.1, -0.05) is 26.8 Å². The molecule has 0 bridgehead atoms. The van der Waals surface area contributed by atoms with Crippen molar-refractivity contribution in [1.82, 2.24) is 9.29 Å². The Morgan fingerprint density at radius 3 is 2.29 bits per heavy atom. The SMILES string of the molecule is CC(C)(C)Cn1cc(CNS(=O)(=O)C2CC2)c2cc(F)c(-c3ccc(F)cc3C(F)(F)F)cc21. The summed E-state index contributed by atoms with van der Waals surface area (Å²) in [6.07, 6.45) is -1.99. The Morgan fingerprint density at radius 1 is 1.03 bits per heavy atom. The Labute approximate surface area is 194 Å². The molecule has 0 unspecified atom stereocenters. The number of hydrogen-bond acceptors (Lipinski definition) is 2. The number of alkyl halides is 3. The highest BCUT2D eigenvalue weighted by molar-refractivity contribution is 7.90. The number of aromatic nitrogens is 1. The number of nitrogens with one attached hydrogen (secondary N) is 1. The first-order valence-electron chi connectivity index (χ1n) is 10.8. The van der Waals surface area contributed by atoms with Crippen LogP contribution in [0, 0.1) is 17.0 Å². The zero-order chi connectivity index (χ0) is 25.1. The number of hydrogen-bond donors (Lipinski definition) is 1. The van der Waals surface area contributed by atoms with E-state index in [9.17, 15) is 26.0 Å². The Bertz CT molecular complexity index is 1350. The van der Waals surface area contributed by atoms with Gasteiger partial charge in [-0.25, -0.2) is 21.9 Å². The Kier molecular flexibility index (Phi) is 6.05. The van der Waals surface area contributed by atoms with Gasteiger partial charge < -0.3 is 4.57 Å². The quantitative estimate of drug-likeness (QED) is 0.408. The van der Waals surface area contributed by atoms with Gasteiger partial charge in [0.2, 0.25) is 10.0 Å². The molecule has 3 aromatic rings. The molecule has 4 nitrogen and oxygen atoms in total. The van der Waals surface area contributed by atoms with Crippen molar-refractivity contribution in [1.29, 1.82) is 0 Å². The van der Waals surface area contributed by atoms with Gasteiger partial charge in [0.1, 0.15) is 11.6 Å². The van der Waals surface area contributed by atoms with Gasteiger partial charge in [-0.05, 0) is 53.6 Å². The molecule has 1 aromatic heterocycles. The number of fused-ring (bicyclic) bond motifs is 1. The van der Waals surface area contributed by atoms with Crippen LogP contribution < -0.4 is 4.72 Å². The molecule has 0 spiro atoms. The van der Waals surface area contributed by atoms with Crippen molar-refractivity contribution in [2.45, 2.75) is 58.1 Å². The zero-order valence-electron chi connectivity index (χ0n) is 18.9. The van der Waals surface area contributed by atoms with E-state index in [4.69, 9.17) is 0 Å². The van der Waals surface area contributed by atoms with Crippen molar-refractivity contribution in [2.75, 3.05) is 0 Å². The highest BCUT2D eigenvalue weighted by atomic mass is 32.2. The van der Waals surface area contributed by atoms with Gasteiger partial charge in [-0.3, -0.25) is 0 Å². The molecule has 0 saturated heterocycles. The standard InChI is InChI=1S/C24H25F5N2O2S/c1-23(2,3)13-31-12-14(11-30-34(32,33)16-5-6-16)18-9-21(26)19(10-22(18)31)17-7-4-15(25)8-20(17)24(27,28)29/h4,7-10,12,16,30H,5-6,11,13H2,1-3H3. The lowest BCUT2D eigenvalue weighted by Gasteiger charge is -2.20. The summed E-state index contributed by atoms with van der Waals surface area (Å²) in [5.41, 5.74) is -1.28. The van der Waals surface area contributed by atoms with Crippen LogP contribution in [0.5, 0.6) is 0 Å². The smallest absolute Gasteiger partial charge is 0.347 e. The number of rotatable bonds is 6. The second kappa shape index (κ2) is 8.34. The second-order valence-electron chi connectivity index (χ2n) is 9.95. The first kappa shape index (κ1) is 24.7. The fourth-order valence-corrected chi connectivity index (χ4v) is 5.38. The van der Waals surface area contributed by atoms with E-state index in [1.165, 1.54) is 6.07 Å². The number of nitrogens with zero attached hydrogens (tertiary/aromatic N) is 1. The van der Waals surface area contributed by atoms with Crippen molar-refractivity contribution in [3.8, 4) is 11.1 Å². The van der Waals surface area contributed by atoms with Crippen LogP contribution in [-0.2, 0) is 29.3 Å². The van der Waals surface area contributed by atoms with Crippen molar-refractivity contribution >= 4 is 20.9 Å². The first-order valence-corrected chi connectivity index (χ1v) is 12.4. The average Bonchev–Trinajstić information content (AvgIpc) is 3.51. The molecular formula is C24H25F5N2O2S. The summed E-state index contributed by atoms with van der Waals surface area (Å²) >= 11 is 0. The van der Waals surface area contributed by atoms with Gasteiger partial charge in [-0.2, -0.15) is 13.2 Å². The second-order valence-corrected chi connectivity index (χ2v) is 12.0. The van der Waals surface area contributed by atoms with Crippen LogP contribution >= 0.6 is 0 Å². The van der Waals surface area contributed by atoms with Gasteiger partial charge in [0.15, 0.2) is 0 Å². The van der Waals surface area contributed by atoms with Crippen LogP contribution in [0.15, 0.2) is 36.5 Å². The first-order chi connectivity index (χ1) is 15.7. The molecule has 10 heteroatoms. The molecule has 1 fully saturated rings. The van der Waals surface area contributed by atoms with E-state index in [2.05, 4.69) is 4.72 Å². The molecule has 34 heavy (non-hydrogen) atoms. The van der Waals surface area contributed by atoms with E-state index in [1.807, 2.05) is 20.8 Å². The van der Waals surface area contributed by atoms with Gasteiger partial charge in [0.25, 0.3) is 0 Å². The summed E-state index contributed by atoms with van der Waals surface area (Å²) in [5, 5.41) is -0.0160. The number of halogens is 5. The van der Waals surface area contributed by atoms with Crippen LogP contribution in [0.2, 0.25) is 0 Å². The highest BCUT2D eigenvalue weighted by Crippen LogP contribution is 2.40. The molecule has 0 amide bonds. The predicted molar refractivity (Wildman–Crippen MR) is 121 cm³/mol. The molecule has 1 heterocycles. The van der Waals surface area contributed by atoms with Gasteiger partial charge >= 0.3 is 6.18 Å². The van der Waals surface area contributed by atoms with Crippen molar-refractivity contribution in [3.05, 3.63) is 59.3 Å². The summed E-state index contributed by atoms with van der Waals surface area (Å²) in [7, 11) is -3.48. The maximum atomic E-state index is 15.2. The largest absolute Gasteiger partial charge is 0.417 e. The molecule has 0 aliphatic heterocycles. The number of sulfonamides is 1. The minimum atomic E-state index is -4.88. The third kappa shape index (κ3) is 5.12. The van der Waals surface area contributed by atoms with Crippen LogP contribution in [0.3, 0.4) is 0 Å².